The van der Waals surface area contributed by atoms with Gasteiger partial charge in [0.1, 0.15) is 6.55 Å². The quantitative estimate of drug-likeness (QED) is 0.0242. The highest BCUT2D eigenvalue weighted by molar-refractivity contribution is 8.76. The van der Waals surface area contributed by atoms with Crippen molar-refractivity contribution in [3.63, 3.8) is 0 Å². The van der Waals surface area contributed by atoms with Crippen LogP contribution >= 0.6 is 31.0 Å². The maximum Gasteiger partial charge on any atom is 0.142 e. The Kier molecular flexibility index (Phi) is 54.7. The molecule has 0 aliphatic heterocycles. The van der Waals surface area contributed by atoms with Gasteiger partial charge in [-0.05, 0) is 51.4 Å². The van der Waals surface area contributed by atoms with E-state index in [1.54, 1.807) is 0 Å². The summed E-state index contributed by atoms with van der Waals surface area (Å²) in [6, 6.07) is 0. The van der Waals surface area contributed by atoms with E-state index in [0.29, 0.717) is 0 Å². The molecule has 1 N–H and O–H groups in total. The molecule has 0 heterocycles. The smallest absolute Gasteiger partial charge is 0.142 e. The van der Waals surface area contributed by atoms with Gasteiger partial charge in [0.2, 0.25) is 0 Å². The highest BCUT2D eigenvalue weighted by Gasteiger charge is 2.09. The van der Waals surface area contributed by atoms with Crippen LogP contribution in [0.15, 0.2) is 11.1 Å². The molecule has 0 unspecified atom stereocenters. The Labute approximate surface area is 355 Å². The van der Waals surface area contributed by atoms with E-state index in [-0.39, 0.29) is 0 Å². The van der Waals surface area contributed by atoms with Crippen molar-refractivity contribution in [2.75, 3.05) is 0 Å². The number of rotatable bonds is 44. The lowest BCUT2D eigenvalue weighted by molar-refractivity contribution is 0.535. The monoisotopic (exact) mass is 815 g/mol. The topological polar surface area (TPSA) is 20.2 Å². The average molecular weight is 815 g/mol. The Morgan fingerprint density at radius 2 is 0.370 bits per heavy atom. The van der Waals surface area contributed by atoms with E-state index >= 15 is 0 Å². The zero-order valence-electron chi connectivity index (χ0n) is 37.9. The molecule has 0 aliphatic rings. The molecule has 54 heavy (non-hydrogen) atoms. The van der Waals surface area contributed by atoms with Crippen molar-refractivity contribution in [1.29, 1.82) is 0 Å². The molecule has 4 heteroatoms. The van der Waals surface area contributed by atoms with Crippen molar-refractivity contribution in [2.45, 2.75) is 310 Å². The Hall–Kier alpha value is 0.830. The Morgan fingerprint density at radius 1 is 0.259 bits per heavy atom. The maximum absolute atomic E-state index is 7.85. The lowest BCUT2D eigenvalue weighted by Gasteiger charge is -2.17. The highest BCUT2D eigenvalue weighted by Crippen LogP contribution is 2.39. The highest BCUT2D eigenvalue weighted by atomic mass is 33.1. The first-order valence-electron chi connectivity index (χ1n) is 25.1. The molecule has 0 aromatic rings. The molecule has 0 bridgehead atoms. The molecule has 0 amide bonds. The number of allylic oxidation sites excluding steroid dienone is 2. The fourth-order valence-corrected chi connectivity index (χ4v) is 8.26. The summed E-state index contributed by atoms with van der Waals surface area (Å²) in [4.78, 5) is 7.85. The average Bonchev–Trinajstić information content (AvgIpc) is 3.16. The van der Waals surface area contributed by atoms with Crippen LogP contribution in [0.1, 0.15) is 310 Å². The van der Waals surface area contributed by atoms with E-state index < -0.39 is 6.55 Å². The summed E-state index contributed by atoms with van der Waals surface area (Å²) in [5.41, 5.74) is 3.91. The van der Waals surface area contributed by atoms with E-state index in [1.165, 1.54) is 283 Å². The van der Waals surface area contributed by atoms with Gasteiger partial charge < -0.3 is 4.89 Å². The molecule has 326 valence electrons. The molecule has 1 nitrogen and oxygen atoms in total. The minimum Gasteiger partial charge on any atom is -0.355 e. The van der Waals surface area contributed by atoms with E-state index in [4.69, 9.17) is 4.89 Å². The summed E-state index contributed by atoms with van der Waals surface area (Å²) in [5.74, 6) is 0. The zero-order valence-corrected chi connectivity index (χ0v) is 40.6. The molecule has 0 aromatic heterocycles. The number of hydrogen-bond acceptors (Lipinski definition) is 3. The van der Waals surface area contributed by atoms with Gasteiger partial charge in [-0.25, -0.2) is 0 Å². The summed E-state index contributed by atoms with van der Waals surface area (Å²) in [5, 5.41) is 0. The van der Waals surface area contributed by atoms with Crippen LogP contribution in [0.4, 0.5) is 0 Å². The molecule has 0 rings (SSSR count). The molecular formula is C50H103OPS2. The third-order valence-electron chi connectivity index (χ3n) is 11.8. The lowest BCUT2D eigenvalue weighted by atomic mass is 9.89. The SMILES string of the molecule is CCCCCCCCCCCCC(CCCCCCCCCCCC)=C(CCCCCCCCCCCC)CCCCCCCCCCCC.OP(S)S. The third-order valence-corrected chi connectivity index (χ3v) is 11.8. The summed E-state index contributed by atoms with van der Waals surface area (Å²) in [6.07, 6.45) is 64.1. The van der Waals surface area contributed by atoms with Gasteiger partial charge in [0.25, 0.3) is 0 Å². The number of thiol groups is 2. The third kappa shape index (κ3) is 50.8. The van der Waals surface area contributed by atoms with Gasteiger partial charge in [0.15, 0.2) is 0 Å². The van der Waals surface area contributed by atoms with E-state index in [0.717, 1.165) is 0 Å². The van der Waals surface area contributed by atoms with Crippen LogP contribution in [-0.4, -0.2) is 4.89 Å². The van der Waals surface area contributed by atoms with Crippen molar-refractivity contribution in [3.05, 3.63) is 11.1 Å². The summed E-state index contributed by atoms with van der Waals surface area (Å²) < 4.78 is 0. The van der Waals surface area contributed by atoms with Gasteiger partial charge in [-0.15, -0.1) is 24.5 Å². The van der Waals surface area contributed by atoms with Gasteiger partial charge in [-0.3, -0.25) is 0 Å². The van der Waals surface area contributed by atoms with Crippen LogP contribution in [0.25, 0.3) is 0 Å². The van der Waals surface area contributed by atoms with Crippen molar-refractivity contribution in [2.24, 2.45) is 0 Å². The molecule has 0 fully saturated rings. The molecule has 0 aromatic carbocycles. The Balaban J connectivity index is 0. The molecule has 0 saturated heterocycles. The summed E-state index contributed by atoms with van der Waals surface area (Å²) in [6.45, 7) is 8.10. The van der Waals surface area contributed by atoms with Crippen molar-refractivity contribution in [1.82, 2.24) is 0 Å². The van der Waals surface area contributed by atoms with Crippen molar-refractivity contribution >= 4 is 31.0 Å². The van der Waals surface area contributed by atoms with Crippen LogP contribution in [0.5, 0.6) is 0 Å². The molecular weight excluding hydrogens is 712 g/mol. The van der Waals surface area contributed by atoms with Gasteiger partial charge in [-0.2, -0.15) is 0 Å². The fourth-order valence-electron chi connectivity index (χ4n) is 8.26. The van der Waals surface area contributed by atoms with Gasteiger partial charge in [-0.1, -0.05) is 270 Å². The van der Waals surface area contributed by atoms with Gasteiger partial charge in [0, 0.05) is 0 Å². The van der Waals surface area contributed by atoms with E-state index in [2.05, 4.69) is 52.2 Å². The first kappa shape index (κ1) is 56.9. The van der Waals surface area contributed by atoms with Gasteiger partial charge in [0.05, 0.1) is 0 Å². The standard InChI is InChI=1S/C50H100.H3OPS2/c1-5-9-13-17-21-25-29-33-37-41-45-49(46-42-38-34-30-26-22-18-14-10-6-2)50(47-43-39-35-31-27-23-19-15-11-7-3)48-44-40-36-32-28-24-20-16-12-8-4;1-2(3)4/h5-48H2,1-4H3;1,3-4H. The van der Waals surface area contributed by atoms with Crippen molar-refractivity contribution in [3.8, 4) is 0 Å². The molecule has 0 spiro atoms. The Morgan fingerprint density at radius 3 is 0.500 bits per heavy atom. The molecule has 0 aliphatic carbocycles. The van der Waals surface area contributed by atoms with E-state index in [9.17, 15) is 0 Å². The van der Waals surface area contributed by atoms with Crippen LogP contribution in [0.3, 0.4) is 0 Å². The van der Waals surface area contributed by atoms with E-state index in [1.807, 2.05) is 11.1 Å². The predicted octanol–water partition coefficient (Wildman–Crippen LogP) is 20.6. The maximum atomic E-state index is 7.85. The first-order valence-corrected chi connectivity index (χ1v) is 28.7. The second kappa shape index (κ2) is 51.8. The minimum atomic E-state index is -1.23. The summed E-state index contributed by atoms with van der Waals surface area (Å²) in [7, 11) is 0. The second-order valence-electron chi connectivity index (χ2n) is 17.2. The normalized spacial score (nSPS) is 11.3. The number of hydrogen-bond donors (Lipinski definition) is 3. The molecule has 0 atom stereocenters. The number of unbranched alkanes of at least 4 members (excludes halogenated alkanes) is 36. The first-order chi connectivity index (χ1) is 26.5. The zero-order chi connectivity index (χ0) is 39.8. The fraction of sp³-hybridized carbons (Fsp3) is 0.960. The van der Waals surface area contributed by atoms with Crippen LogP contribution in [0, 0.1) is 0 Å². The largest absolute Gasteiger partial charge is 0.355 e. The predicted molar refractivity (Wildman–Crippen MR) is 260 cm³/mol. The second-order valence-corrected chi connectivity index (χ2v) is 21.0. The molecule has 0 radical (unpaired) electrons. The lowest BCUT2D eigenvalue weighted by Crippen LogP contribution is -1.97. The van der Waals surface area contributed by atoms with Crippen molar-refractivity contribution < 1.29 is 4.89 Å². The van der Waals surface area contributed by atoms with Crippen LogP contribution in [-0.2, 0) is 0 Å². The van der Waals surface area contributed by atoms with Crippen LogP contribution < -0.4 is 0 Å². The van der Waals surface area contributed by atoms with Crippen LogP contribution in [0.2, 0.25) is 0 Å². The van der Waals surface area contributed by atoms with Gasteiger partial charge >= 0.3 is 0 Å². The molecule has 0 saturated carbocycles. The minimum absolute atomic E-state index is 1.23. The Bertz CT molecular complexity index is 587. The summed E-state index contributed by atoms with van der Waals surface area (Å²) >= 11 is 6.90.